The van der Waals surface area contributed by atoms with Crippen LogP contribution in [-0.4, -0.2) is 30.6 Å². The van der Waals surface area contributed by atoms with Crippen LogP contribution in [0.15, 0.2) is 54.6 Å². The van der Waals surface area contributed by atoms with E-state index in [1.807, 2.05) is 56.3 Å². The average Bonchev–Trinajstić information content (AvgIpc) is 2.71. The fourth-order valence-corrected chi connectivity index (χ4v) is 2.33. The van der Waals surface area contributed by atoms with Crippen LogP contribution in [-0.2, 0) is 14.3 Å². The molecule has 1 atom stereocenters. The van der Waals surface area contributed by atoms with E-state index in [0.717, 1.165) is 11.1 Å². The van der Waals surface area contributed by atoms with E-state index in [1.54, 1.807) is 19.1 Å². The van der Waals surface area contributed by atoms with Crippen molar-refractivity contribution in [2.45, 2.75) is 26.3 Å². The Balaban J connectivity index is 1.78. The molecular formula is C22H24N2O4. The van der Waals surface area contributed by atoms with Crippen LogP contribution in [0.2, 0.25) is 0 Å². The number of carbonyl (C=O) groups is 2. The highest BCUT2D eigenvalue weighted by atomic mass is 16.6. The Labute approximate surface area is 165 Å². The van der Waals surface area contributed by atoms with Crippen molar-refractivity contribution in [3.8, 4) is 22.9 Å². The van der Waals surface area contributed by atoms with E-state index in [9.17, 15) is 14.9 Å². The third kappa shape index (κ3) is 5.85. The first-order chi connectivity index (χ1) is 13.3. The van der Waals surface area contributed by atoms with Gasteiger partial charge in [-0.25, -0.2) is 4.79 Å². The summed E-state index contributed by atoms with van der Waals surface area (Å²) in [4.78, 5) is 23.7. The van der Waals surface area contributed by atoms with Gasteiger partial charge >= 0.3 is 5.97 Å². The van der Waals surface area contributed by atoms with Crippen LogP contribution in [0.5, 0.6) is 5.75 Å². The van der Waals surface area contributed by atoms with Crippen LogP contribution >= 0.6 is 0 Å². The van der Waals surface area contributed by atoms with Crippen LogP contribution in [0.1, 0.15) is 20.8 Å². The molecule has 2 rings (SSSR count). The molecule has 0 radical (unpaired) electrons. The minimum absolute atomic E-state index is 0.0839. The second kappa shape index (κ2) is 9.56. The van der Waals surface area contributed by atoms with Crippen LogP contribution in [0, 0.1) is 17.2 Å². The fourth-order valence-electron chi connectivity index (χ4n) is 2.33. The van der Waals surface area contributed by atoms with Gasteiger partial charge in [0, 0.05) is 0 Å². The Bertz CT molecular complexity index is 841. The predicted molar refractivity (Wildman–Crippen MR) is 105 cm³/mol. The molecule has 28 heavy (non-hydrogen) atoms. The van der Waals surface area contributed by atoms with Gasteiger partial charge in [-0.1, -0.05) is 56.3 Å². The van der Waals surface area contributed by atoms with Gasteiger partial charge in [0.1, 0.15) is 11.3 Å². The van der Waals surface area contributed by atoms with Gasteiger partial charge in [0.05, 0.1) is 6.07 Å². The van der Waals surface area contributed by atoms with Crippen molar-refractivity contribution >= 4 is 11.9 Å². The molecule has 1 N–H and O–H groups in total. The van der Waals surface area contributed by atoms with Gasteiger partial charge in [0.25, 0.3) is 5.91 Å². The van der Waals surface area contributed by atoms with Gasteiger partial charge < -0.3 is 14.8 Å². The van der Waals surface area contributed by atoms with Gasteiger partial charge in [0.2, 0.25) is 0 Å². The molecular weight excluding hydrogens is 356 g/mol. The molecule has 0 aliphatic rings. The van der Waals surface area contributed by atoms with Gasteiger partial charge in [-0.2, -0.15) is 5.26 Å². The number of carbonyl (C=O) groups excluding carboxylic acids is 2. The number of hydrogen-bond acceptors (Lipinski definition) is 5. The molecule has 6 heteroatoms. The minimum Gasteiger partial charge on any atom is -0.482 e. The summed E-state index contributed by atoms with van der Waals surface area (Å²) in [6.07, 6.45) is 0. The molecule has 146 valence electrons. The Morgan fingerprint density at radius 2 is 1.64 bits per heavy atom. The van der Waals surface area contributed by atoms with Crippen LogP contribution < -0.4 is 10.1 Å². The van der Waals surface area contributed by atoms with E-state index in [4.69, 9.17) is 9.47 Å². The summed E-state index contributed by atoms with van der Waals surface area (Å²) >= 11 is 0. The third-order valence-corrected chi connectivity index (χ3v) is 4.47. The van der Waals surface area contributed by atoms with E-state index in [0.29, 0.717) is 5.75 Å². The Kier molecular flexibility index (Phi) is 7.16. The summed E-state index contributed by atoms with van der Waals surface area (Å²) in [6, 6.07) is 19.3. The molecule has 0 fully saturated rings. The molecule has 0 saturated heterocycles. The van der Waals surface area contributed by atoms with Crippen molar-refractivity contribution in [2.24, 2.45) is 5.92 Å². The number of hydrogen-bond donors (Lipinski definition) is 1. The molecule has 0 heterocycles. The molecule has 6 nitrogen and oxygen atoms in total. The Morgan fingerprint density at radius 1 is 1.04 bits per heavy atom. The van der Waals surface area contributed by atoms with Crippen LogP contribution in [0.25, 0.3) is 11.1 Å². The molecule has 1 amide bonds. The lowest BCUT2D eigenvalue weighted by molar-refractivity contribution is -0.150. The SMILES string of the molecule is CC(C)[C@@](C)(C#N)NC(=O)COC(=O)COc1ccc(-c2ccccc2)cc1. The summed E-state index contributed by atoms with van der Waals surface area (Å²) in [6.45, 7) is 4.51. The first-order valence-corrected chi connectivity index (χ1v) is 9.00. The monoisotopic (exact) mass is 380 g/mol. The van der Waals surface area contributed by atoms with Crippen molar-refractivity contribution in [1.29, 1.82) is 5.26 Å². The third-order valence-electron chi connectivity index (χ3n) is 4.47. The summed E-state index contributed by atoms with van der Waals surface area (Å²) in [5.74, 6) is -0.749. The van der Waals surface area contributed by atoms with Crippen molar-refractivity contribution in [3.63, 3.8) is 0 Å². The van der Waals surface area contributed by atoms with E-state index in [-0.39, 0.29) is 12.5 Å². The quantitative estimate of drug-likeness (QED) is 0.710. The second-order valence-electron chi connectivity index (χ2n) is 6.86. The van der Waals surface area contributed by atoms with Gasteiger partial charge in [0.15, 0.2) is 13.2 Å². The van der Waals surface area contributed by atoms with E-state index < -0.39 is 24.0 Å². The highest BCUT2D eigenvalue weighted by Crippen LogP contribution is 2.22. The number of nitriles is 1. The number of esters is 1. The smallest absolute Gasteiger partial charge is 0.344 e. The zero-order valence-electron chi connectivity index (χ0n) is 16.3. The highest BCUT2D eigenvalue weighted by molar-refractivity contribution is 5.81. The number of ether oxygens (including phenoxy) is 2. The number of nitrogens with one attached hydrogen (secondary N) is 1. The molecule has 2 aromatic carbocycles. The predicted octanol–water partition coefficient (Wildman–Crippen LogP) is 3.33. The van der Waals surface area contributed by atoms with Crippen LogP contribution in [0.3, 0.4) is 0 Å². The second-order valence-corrected chi connectivity index (χ2v) is 6.86. The summed E-state index contributed by atoms with van der Waals surface area (Å²) in [5.41, 5.74) is 1.11. The maximum atomic E-state index is 11.9. The lowest BCUT2D eigenvalue weighted by atomic mass is 9.90. The van der Waals surface area contributed by atoms with Crippen LogP contribution in [0.4, 0.5) is 0 Å². The highest BCUT2D eigenvalue weighted by Gasteiger charge is 2.30. The van der Waals surface area contributed by atoms with Gasteiger partial charge in [-0.3, -0.25) is 4.79 Å². The largest absolute Gasteiger partial charge is 0.482 e. The maximum Gasteiger partial charge on any atom is 0.344 e. The van der Waals surface area contributed by atoms with Crippen molar-refractivity contribution in [3.05, 3.63) is 54.6 Å². The minimum atomic E-state index is -1.01. The maximum absolute atomic E-state index is 11.9. The van der Waals surface area contributed by atoms with E-state index >= 15 is 0 Å². The topological polar surface area (TPSA) is 88.4 Å². The number of nitrogens with zero attached hydrogens (tertiary/aromatic N) is 1. The Hall–Kier alpha value is -3.33. The van der Waals surface area contributed by atoms with Crippen molar-refractivity contribution in [1.82, 2.24) is 5.32 Å². The van der Waals surface area contributed by atoms with Gasteiger partial charge in [-0.05, 0) is 36.1 Å². The van der Waals surface area contributed by atoms with Gasteiger partial charge in [-0.15, -0.1) is 0 Å². The molecule has 0 aromatic heterocycles. The molecule has 0 unspecified atom stereocenters. The normalized spacial score (nSPS) is 12.5. The molecule has 0 spiro atoms. The molecule has 0 aliphatic carbocycles. The molecule has 2 aromatic rings. The Morgan fingerprint density at radius 3 is 2.21 bits per heavy atom. The molecule has 0 saturated carbocycles. The van der Waals surface area contributed by atoms with E-state index in [1.165, 1.54) is 0 Å². The number of amides is 1. The average molecular weight is 380 g/mol. The zero-order valence-corrected chi connectivity index (χ0v) is 16.3. The lowest BCUT2D eigenvalue weighted by Gasteiger charge is -2.27. The summed E-state index contributed by atoms with van der Waals surface area (Å²) in [5, 5.41) is 11.8. The summed E-state index contributed by atoms with van der Waals surface area (Å²) in [7, 11) is 0. The lowest BCUT2D eigenvalue weighted by Crippen LogP contribution is -2.50. The number of rotatable bonds is 8. The first kappa shape index (κ1) is 21.0. The zero-order chi connectivity index (χ0) is 20.6. The van der Waals surface area contributed by atoms with E-state index in [2.05, 4.69) is 11.4 Å². The van der Waals surface area contributed by atoms with Crippen molar-refractivity contribution in [2.75, 3.05) is 13.2 Å². The number of benzene rings is 2. The molecule has 0 aliphatic heterocycles. The summed E-state index contributed by atoms with van der Waals surface area (Å²) < 4.78 is 10.3. The standard InChI is InChI=1S/C22H24N2O4/c1-16(2)22(3,15-23)24-20(25)13-28-21(26)14-27-19-11-9-18(10-12-19)17-7-5-4-6-8-17/h4-12,16H,13-14H2,1-3H3,(H,24,25)/t22-/m1/s1. The first-order valence-electron chi connectivity index (χ1n) is 9.00. The molecule has 0 bridgehead atoms. The fraction of sp³-hybridized carbons (Fsp3) is 0.318. The van der Waals surface area contributed by atoms with Crippen molar-refractivity contribution < 1.29 is 19.1 Å².